The van der Waals surface area contributed by atoms with Gasteiger partial charge in [0.15, 0.2) is 0 Å². The van der Waals surface area contributed by atoms with Crippen molar-refractivity contribution >= 4 is 5.97 Å². The van der Waals surface area contributed by atoms with Gasteiger partial charge in [0.2, 0.25) is 0 Å². The molecule has 0 fully saturated rings. The predicted molar refractivity (Wildman–Crippen MR) is 105 cm³/mol. The number of ether oxygens (including phenoxy) is 1. The van der Waals surface area contributed by atoms with Gasteiger partial charge in [0.1, 0.15) is 0 Å². The average molecular weight is 341 g/mol. The fraction of sp³-hybridized carbons (Fsp3) is 0.955. The van der Waals surface area contributed by atoms with Crippen molar-refractivity contribution in [1.29, 1.82) is 0 Å². The lowest BCUT2D eigenvalue weighted by Crippen LogP contribution is -2.14. The molecular weight excluding hydrogens is 296 g/mol. The molecule has 0 aromatic rings. The molecule has 0 bridgehead atoms. The van der Waals surface area contributed by atoms with Crippen molar-refractivity contribution < 1.29 is 9.53 Å². The van der Waals surface area contributed by atoms with E-state index in [1.54, 1.807) is 0 Å². The van der Waals surface area contributed by atoms with Gasteiger partial charge in [-0.25, -0.2) is 0 Å². The van der Waals surface area contributed by atoms with Crippen molar-refractivity contribution in [1.82, 2.24) is 0 Å². The van der Waals surface area contributed by atoms with Crippen LogP contribution in [0.3, 0.4) is 0 Å². The summed E-state index contributed by atoms with van der Waals surface area (Å²) in [5.74, 6) is 0.611. The van der Waals surface area contributed by atoms with E-state index in [0.717, 1.165) is 6.42 Å². The van der Waals surface area contributed by atoms with Gasteiger partial charge < -0.3 is 4.74 Å². The first-order valence-corrected chi connectivity index (χ1v) is 10.9. The summed E-state index contributed by atoms with van der Waals surface area (Å²) in [7, 11) is 0. The Balaban J connectivity index is 3.85. The summed E-state index contributed by atoms with van der Waals surface area (Å²) in [5, 5.41) is 0. The van der Waals surface area contributed by atoms with Gasteiger partial charge in [-0.3, -0.25) is 4.79 Å². The summed E-state index contributed by atoms with van der Waals surface area (Å²) in [6.45, 7) is 7.38. The monoisotopic (exact) mass is 340 g/mol. The molecule has 0 aliphatic carbocycles. The molecule has 0 rings (SSSR count). The minimum atomic E-state index is 0.0259. The Kier molecular flexibility index (Phi) is 18.4. The number of carbonyl (C=O) groups excluding carboxylic acids is 1. The molecule has 1 atom stereocenters. The number of hydrogen-bond acceptors (Lipinski definition) is 2. The van der Waals surface area contributed by atoms with Crippen molar-refractivity contribution in [3.05, 3.63) is 0 Å². The van der Waals surface area contributed by atoms with E-state index in [-0.39, 0.29) is 5.97 Å². The molecule has 0 aliphatic heterocycles. The summed E-state index contributed by atoms with van der Waals surface area (Å²) < 4.78 is 5.58. The predicted octanol–water partition coefficient (Wildman–Crippen LogP) is 7.45. The Labute approximate surface area is 152 Å². The Hall–Kier alpha value is -0.530. The molecule has 0 amide bonds. The van der Waals surface area contributed by atoms with Gasteiger partial charge in [0.05, 0.1) is 6.61 Å². The van der Waals surface area contributed by atoms with Gasteiger partial charge in [0, 0.05) is 6.42 Å². The molecule has 1 unspecified atom stereocenters. The second-order valence-electron chi connectivity index (χ2n) is 7.41. The molecule has 2 heteroatoms. The summed E-state index contributed by atoms with van der Waals surface area (Å²) in [5.41, 5.74) is 0. The maximum atomic E-state index is 11.9. The molecule has 2 nitrogen and oxygen atoms in total. The van der Waals surface area contributed by atoms with E-state index < -0.39 is 0 Å². The van der Waals surface area contributed by atoms with E-state index in [2.05, 4.69) is 20.8 Å². The maximum Gasteiger partial charge on any atom is 0.305 e. The zero-order valence-electron chi connectivity index (χ0n) is 16.9. The highest BCUT2D eigenvalue weighted by Gasteiger charge is 2.12. The SMILES string of the molecule is CCCCCCCC(=O)OCC(CCCCC)CCCCCCC. The molecule has 0 heterocycles. The third kappa shape index (κ3) is 16.3. The Morgan fingerprint density at radius 3 is 1.71 bits per heavy atom. The van der Waals surface area contributed by atoms with Crippen LogP contribution in [-0.4, -0.2) is 12.6 Å². The van der Waals surface area contributed by atoms with Gasteiger partial charge >= 0.3 is 5.97 Å². The van der Waals surface area contributed by atoms with Gasteiger partial charge in [-0.2, -0.15) is 0 Å². The number of carbonyl (C=O) groups is 1. The van der Waals surface area contributed by atoms with E-state index in [9.17, 15) is 4.79 Å². The van der Waals surface area contributed by atoms with Crippen LogP contribution in [0.4, 0.5) is 0 Å². The van der Waals surface area contributed by atoms with Crippen LogP contribution in [0.15, 0.2) is 0 Å². The quantitative estimate of drug-likeness (QED) is 0.191. The van der Waals surface area contributed by atoms with Crippen molar-refractivity contribution in [3.8, 4) is 0 Å². The zero-order chi connectivity index (χ0) is 17.9. The number of esters is 1. The fourth-order valence-electron chi connectivity index (χ4n) is 3.19. The smallest absolute Gasteiger partial charge is 0.305 e. The van der Waals surface area contributed by atoms with E-state index in [0.29, 0.717) is 18.9 Å². The van der Waals surface area contributed by atoms with Crippen LogP contribution in [0.25, 0.3) is 0 Å². The van der Waals surface area contributed by atoms with Crippen LogP contribution >= 0.6 is 0 Å². The van der Waals surface area contributed by atoms with Crippen LogP contribution in [0.5, 0.6) is 0 Å². The summed E-state index contributed by atoms with van der Waals surface area (Å²) in [6.07, 6.45) is 19.5. The Bertz CT molecular complexity index is 263. The molecule has 144 valence electrons. The van der Waals surface area contributed by atoms with E-state index >= 15 is 0 Å². The van der Waals surface area contributed by atoms with Crippen LogP contribution < -0.4 is 0 Å². The first-order valence-electron chi connectivity index (χ1n) is 10.9. The maximum absolute atomic E-state index is 11.9. The van der Waals surface area contributed by atoms with E-state index in [1.165, 1.54) is 89.9 Å². The third-order valence-electron chi connectivity index (χ3n) is 4.90. The molecule has 0 saturated carbocycles. The first-order chi connectivity index (χ1) is 11.7. The largest absolute Gasteiger partial charge is 0.465 e. The highest BCUT2D eigenvalue weighted by atomic mass is 16.5. The normalized spacial score (nSPS) is 12.3. The number of hydrogen-bond donors (Lipinski definition) is 0. The van der Waals surface area contributed by atoms with Crippen molar-refractivity contribution in [2.24, 2.45) is 5.92 Å². The average Bonchev–Trinajstić information content (AvgIpc) is 2.58. The Morgan fingerprint density at radius 1 is 0.667 bits per heavy atom. The minimum absolute atomic E-state index is 0.0259. The van der Waals surface area contributed by atoms with Gasteiger partial charge in [0.25, 0.3) is 0 Å². The lowest BCUT2D eigenvalue weighted by Gasteiger charge is -2.17. The molecule has 24 heavy (non-hydrogen) atoms. The van der Waals surface area contributed by atoms with Gasteiger partial charge in [-0.1, -0.05) is 97.8 Å². The van der Waals surface area contributed by atoms with Crippen molar-refractivity contribution in [3.63, 3.8) is 0 Å². The molecule has 0 spiro atoms. The molecule has 0 radical (unpaired) electrons. The molecule has 0 N–H and O–H groups in total. The molecule has 0 aromatic carbocycles. The second-order valence-corrected chi connectivity index (χ2v) is 7.41. The summed E-state index contributed by atoms with van der Waals surface area (Å²) in [4.78, 5) is 11.9. The molecule has 0 aliphatic rings. The van der Waals surface area contributed by atoms with Crippen molar-refractivity contribution in [2.75, 3.05) is 6.61 Å². The highest BCUT2D eigenvalue weighted by Crippen LogP contribution is 2.19. The van der Waals surface area contributed by atoms with E-state index in [1.807, 2.05) is 0 Å². The lowest BCUT2D eigenvalue weighted by molar-refractivity contribution is -0.145. The summed E-state index contributed by atoms with van der Waals surface area (Å²) in [6, 6.07) is 0. The van der Waals surface area contributed by atoms with Crippen LogP contribution in [0.2, 0.25) is 0 Å². The first kappa shape index (κ1) is 23.5. The van der Waals surface area contributed by atoms with Crippen LogP contribution in [0.1, 0.15) is 124 Å². The highest BCUT2D eigenvalue weighted by molar-refractivity contribution is 5.69. The number of rotatable bonds is 18. The zero-order valence-corrected chi connectivity index (χ0v) is 16.9. The van der Waals surface area contributed by atoms with Crippen LogP contribution in [0, 0.1) is 5.92 Å². The van der Waals surface area contributed by atoms with E-state index in [4.69, 9.17) is 4.74 Å². The molecule has 0 saturated heterocycles. The van der Waals surface area contributed by atoms with Gasteiger partial charge in [-0.05, 0) is 25.2 Å². The van der Waals surface area contributed by atoms with Crippen molar-refractivity contribution in [2.45, 2.75) is 124 Å². The Morgan fingerprint density at radius 2 is 1.12 bits per heavy atom. The minimum Gasteiger partial charge on any atom is -0.465 e. The molecular formula is C22H44O2. The fourth-order valence-corrected chi connectivity index (χ4v) is 3.19. The standard InChI is InChI=1S/C22H44O2/c1-4-7-10-12-15-18-21(17-14-9-6-3)20-24-22(23)19-16-13-11-8-5-2/h21H,4-20H2,1-3H3. The second kappa shape index (κ2) is 18.8. The van der Waals surface area contributed by atoms with Crippen LogP contribution in [-0.2, 0) is 9.53 Å². The lowest BCUT2D eigenvalue weighted by atomic mass is 9.95. The topological polar surface area (TPSA) is 26.3 Å². The molecule has 0 aromatic heterocycles. The van der Waals surface area contributed by atoms with Gasteiger partial charge in [-0.15, -0.1) is 0 Å². The third-order valence-corrected chi connectivity index (χ3v) is 4.90. The summed E-state index contributed by atoms with van der Waals surface area (Å²) >= 11 is 0. The number of unbranched alkanes of at least 4 members (excludes halogenated alkanes) is 10.